The van der Waals surface area contributed by atoms with Crippen LogP contribution >= 0.6 is 11.3 Å². The molecule has 0 spiro atoms. The van der Waals surface area contributed by atoms with E-state index in [4.69, 9.17) is 9.47 Å². The molecule has 0 fully saturated rings. The molecular formula is C16H20N4O3S. The molecule has 2 N–H and O–H groups in total. The smallest absolute Gasteiger partial charge is 0.325 e. The summed E-state index contributed by atoms with van der Waals surface area (Å²) in [6.45, 7) is 1.87. The molecule has 3 rings (SSSR count). The highest BCUT2D eigenvalue weighted by Gasteiger charge is 2.19. The number of methoxy groups -OCH3 is 2. The fraction of sp³-hybridized carbons (Fsp3) is 0.375. The molecule has 8 heteroatoms. The second-order valence-electron chi connectivity index (χ2n) is 5.53. The van der Waals surface area contributed by atoms with Gasteiger partial charge in [-0.05, 0) is 19.2 Å². The lowest BCUT2D eigenvalue weighted by atomic mass is 10.2. The number of carbonyl (C=O) groups excluding carboxylic acids is 1. The van der Waals surface area contributed by atoms with Crippen LogP contribution in [0.3, 0.4) is 0 Å². The molecule has 1 aromatic heterocycles. The SMILES string of the molecule is COc1ccc(NC(=O)Nc2nc3c(s2)CN(C)CC3)cc1OC. The van der Waals surface area contributed by atoms with Crippen LogP contribution in [0.15, 0.2) is 18.2 Å². The molecule has 24 heavy (non-hydrogen) atoms. The topological polar surface area (TPSA) is 75.7 Å². The predicted molar refractivity (Wildman–Crippen MR) is 94.3 cm³/mol. The number of rotatable bonds is 4. The molecule has 2 heterocycles. The van der Waals surface area contributed by atoms with E-state index in [9.17, 15) is 4.79 Å². The van der Waals surface area contributed by atoms with Crippen LogP contribution in [0.5, 0.6) is 11.5 Å². The molecule has 128 valence electrons. The molecule has 7 nitrogen and oxygen atoms in total. The summed E-state index contributed by atoms with van der Waals surface area (Å²) in [5.74, 6) is 1.17. The predicted octanol–water partition coefficient (Wildman–Crippen LogP) is 2.79. The van der Waals surface area contributed by atoms with Gasteiger partial charge in [0.25, 0.3) is 0 Å². The van der Waals surface area contributed by atoms with E-state index < -0.39 is 0 Å². The van der Waals surface area contributed by atoms with E-state index in [1.165, 1.54) is 16.2 Å². The van der Waals surface area contributed by atoms with Crippen molar-refractivity contribution < 1.29 is 14.3 Å². The fourth-order valence-corrected chi connectivity index (χ4v) is 3.63. The summed E-state index contributed by atoms with van der Waals surface area (Å²) >= 11 is 1.52. The molecule has 1 aromatic carbocycles. The Kier molecular flexibility index (Phi) is 4.86. The Morgan fingerprint density at radius 1 is 1.25 bits per heavy atom. The summed E-state index contributed by atoms with van der Waals surface area (Å²) in [5.41, 5.74) is 1.70. The van der Waals surface area contributed by atoms with Crippen molar-refractivity contribution in [2.24, 2.45) is 0 Å². The largest absolute Gasteiger partial charge is 0.493 e. The number of hydrogen-bond acceptors (Lipinski definition) is 6. The second kappa shape index (κ2) is 7.06. The monoisotopic (exact) mass is 348 g/mol. The van der Waals surface area contributed by atoms with Gasteiger partial charge in [0.15, 0.2) is 16.6 Å². The Balaban J connectivity index is 1.66. The third-order valence-electron chi connectivity index (χ3n) is 3.78. The molecular weight excluding hydrogens is 328 g/mol. The third kappa shape index (κ3) is 3.60. The number of aromatic nitrogens is 1. The van der Waals surface area contributed by atoms with Gasteiger partial charge in [-0.3, -0.25) is 5.32 Å². The maximum atomic E-state index is 12.2. The van der Waals surface area contributed by atoms with Gasteiger partial charge in [0.05, 0.1) is 19.9 Å². The van der Waals surface area contributed by atoms with Crippen molar-refractivity contribution in [3.8, 4) is 11.5 Å². The van der Waals surface area contributed by atoms with E-state index in [1.807, 2.05) is 0 Å². The van der Waals surface area contributed by atoms with Crippen LogP contribution in [0.4, 0.5) is 15.6 Å². The maximum Gasteiger partial charge on any atom is 0.325 e. The molecule has 2 amide bonds. The molecule has 1 aliphatic rings. The van der Waals surface area contributed by atoms with Gasteiger partial charge >= 0.3 is 6.03 Å². The number of hydrogen-bond donors (Lipinski definition) is 2. The first-order chi connectivity index (χ1) is 11.6. The van der Waals surface area contributed by atoms with Gasteiger partial charge in [0.1, 0.15) is 0 Å². The highest BCUT2D eigenvalue weighted by Crippen LogP contribution is 2.30. The lowest BCUT2D eigenvalue weighted by Crippen LogP contribution is -2.25. The van der Waals surface area contributed by atoms with E-state index in [-0.39, 0.29) is 6.03 Å². The van der Waals surface area contributed by atoms with Crippen LogP contribution in [-0.4, -0.2) is 43.7 Å². The van der Waals surface area contributed by atoms with Gasteiger partial charge in [0.2, 0.25) is 0 Å². The first kappa shape index (κ1) is 16.5. The summed E-state index contributed by atoms with van der Waals surface area (Å²) in [7, 11) is 5.21. The van der Waals surface area contributed by atoms with Crippen molar-refractivity contribution in [1.29, 1.82) is 0 Å². The first-order valence-corrected chi connectivity index (χ1v) is 8.38. The van der Waals surface area contributed by atoms with Crippen molar-refractivity contribution in [3.63, 3.8) is 0 Å². The normalized spacial score (nSPS) is 14.0. The van der Waals surface area contributed by atoms with Gasteiger partial charge in [-0.15, -0.1) is 11.3 Å². The van der Waals surface area contributed by atoms with Gasteiger partial charge in [-0.25, -0.2) is 9.78 Å². The maximum absolute atomic E-state index is 12.2. The first-order valence-electron chi connectivity index (χ1n) is 7.56. The Labute approximate surface area is 144 Å². The van der Waals surface area contributed by atoms with Crippen molar-refractivity contribution >= 4 is 28.2 Å². The fourth-order valence-electron chi connectivity index (χ4n) is 2.55. The van der Waals surface area contributed by atoms with Crippen LogP contribution in [0.2, 0.25) is 0 Å². The molecule has 0 unspecified atom stereocenters. The zero-order valence-electron chi connectivity index (χ0n) is 13.9. The lowest BCUT2D eigenvalue weighted by Gasteiger charge is -2.20. The van der Waals surface area contributed by atoms with Crippen LogP contribution in [0, 0.1) is 0 Å². The van der Waals surface area contributed by atoms with Gasteiger partial charge in [-0.2, -0.15) is 0 Å². The van der Waals surface area contributed by atoms with Crippen molar-refractivity contribution in [1.82, 2.24) is 9.88 Å². The van der Waals surface area contributed by atoms with Gasteiger partial charge in [-0.1, -0.05) is 0 Å². The molecule has 0 atom stereocenters. The third-order valence-corrected chi connectivity index (χ3v) is 4.78. The van der Waals surface area contributed by atoms with Crippen molar-refractivity contribution in [2.45, 2.75) is 13.0 Å². The summed E-state index contributed by atoms with van der Waals surface area (Å²) in [5, 5.41) is 6.19. The number of amides is 2. The zero-order chi connectivity index (χ0) is 17.1. The van der Waals surface area contributed by atoms with Crippen molar-refractivity contribution in [2.75, 3.05) is 38.4 Å². The van der Waals surface area contributed by atoms with Crippen LogP contribution in [-0.2, 0) is 13.0 Å². The van der Waals surface area contributed by atoms with E-state index in [0.29, 0.717) is 22.3 Å². The molecule has 0 bridgehead atoms. The molecule has 0 saturated carbocycles. The van der Waals surface area contributed by atoms with Gasteiger partial charge in [0, 0.05) is 36.1 Å². The molecule has 0 aliphatic carbocycles. The highest BCUT2D eigenvalue weighted by molar-refractivity contribution is 7.15. The van der Waals surface area contributed by atoms with Gasteiger partial charge < -0.3 is 19.7 Å². The summed E-state index contributed by atoms with van der Waals surface area (Å²) < 4.78 is 10.4. The number of likely N-dealkylation sites (N-methyl/N-ethyl adjacent to an activating group) is 1. The molecule has 1 aliphatic heterocycles. The summed E-state index contributed by atoms with van der Waals surface area (Å²) in [4.78, 5) is 20.1. The number of thiazole rings is 1. The summed E-state index contributed by atoms with van der Waals surface area (Å²) in [6, 6.07) is 4.87. The number of fused-ring (bicyclic) bond motifs is 1. The number of benzene rings is 1. The Morgan fingerprint density at radius 3 is 2.79 bits per heavy atom. The minimum atomic E-state index is -0.332. The number of nitrogens with zero attached hydrogens (tertiary/aromatic N) is 2. The van der Waals surface area contributed by atoms with E-state index in [1.54, 1.807) is 32.4 Å². The highest BCUT2D eigenvalue weighted by atomic mass is 32.1. The lowest BCUT2D eigenvalue weighted by molar-refractivity contribution is 0.262. The molecule has 2 aromatic rings. The number of ether oxygens (including phenoxy) is 2. The van der Waals surface area contributed by atoms with E-state index in [2.05, 4.69) is 27.6 Å². The quantitative estimate of drug-likeness (QED) is 0.889. The number of anilines is 2. The average molecular weight is 348 g/mol. The number of urea groups is 1. The van der Waals surface area contributed by atoms with Crippen LogP contribution in [0.25, 0.3) is 0 Å². The Bertz CT molecular complexity index is 747. The Hall–Kier alpha value is -2.32. The second-order valence-corrected chi connectivity index (χ2v) is 6.61. The summed E-state index contributed by atoms with van der Waals surface area (Å²) in [6.07, 6.45) is 0.918. The Morgan fingerprint density at radius 2 is 2.04 bits per heavy atom. The number of carbonyl (C=O) groups is 1. The van der Waals surface area contributed by atoms with Crippen LogP contribution < -0.4 is 20.1 Å². The minimum absolute atomic E-state index is 0.332. The number of nitrogens with one attached hydrogen (secondary N) is 2. The van der Waals surface area contributed by atoms with E-state index >= 15 is 0 Å². The van der Waals surface area contributed by atoms with Crippen LogP contribution in [0.1, 0.15) is 10.6 Å². The molecule has 0 saturated heterocycles. The standard InChI is InChI=1S/C16H20N4O3S/c1-20-7-6-11-14(9-20)24-16(18-11)19-15(21)17-10-4-5-12(22-2)13(8-10)23-3/h4-5,8H,6-7,9H2,1-3H3,(H2,17,18,19,21). The minimum Gasteiger partial charge on any atom is -0.493 e. The van der Waals surface area contributed by atoms with E-state index in [0.717, 1.165) is 25.2 Å². The molecule has 0 radical (unpaired) electrons. The zero-order valence-corrected chi connectivity index (χ0v) is 14.7. The van der Waals surface area contributed by atoms with Crippen molar-refractivity contribution in [3.05, 3.63) is 28.8 Å². The average Bonchev–Trinajstić information content (AvgIpc) is 2.95.